The van der Waals surface area contributed by atoms with Gasteiger partial charge in [-0.3, -0.25) is 0 Å². The summed E-state index contributed by atoms with van der Waals surface area (Å²) in [5.74, 6) is 0. The largest absolute Gasteiger partial charge is 0.379 e. The first kappa shape index (κ1) is 4.96. The maximum atomic E-state index is 4.57. The standard InChI is InChI=1S/C4H9O/c1-3-4-5-2/h4H,3H2,1-2H3. The first-order valence-electron chi connectivity index (χ1n) is 1.76. The zero-order valence-corrected chi connectivity index (χ0v) is 3.69. The first-order chi connectivity index (χ1) is 2.41. The van der Waals surface area contributed by atoms with Gasteiger partial charge in [0.2, 0.25) is 0 Å². The van der Waals surface area contributed by atoms with Crippen LogP contribution in [0.4, 0.5) is 0 Å². The van der Waals surface area contributed by atoms with Crippen LogP contribution >= 0.6 is 0 Å². The molecule has 0 saturated carbocycles. The summed E-state index contributed by atoms with van der Waals surface area (Å²) in [6.07, 6.45) is 0.997. The van der Waals surface area contributed by atoms with Crippen LogP contribution in [0, 0.1) is 6.61 Å². The SMILES string of the molecule is CC[CH]OC. The number of hydrogen-bond acceptors (Lipinski definition) is 1. The summed E-state index contributed by atoms with van der Waals surface area (Å²) in [5.41, 5.74) is 0. The summed E-state index contributed by atoms with van der Waals surface area (Å²) >= 11 is 0. The smallest absolute Gasteiger partial charge is 0.0830 e. The van der Waals surface area contributed by atoms with Crippen LogP contribution in [0.3, 0.4) is 0 Å². The molecule has 0 aliphatic carbocycles. The predicted octanol–water partition coefficient (Wildman–Crippen LogP) is 1.20. The normalized spacial score (nSPS) is 8.40. The molecule has 0 N–H and O–H groups in total. The quantitative estimate of drug-likeness (QED) is 0.477. The zero-order chi connectivity index (χ0) is 4.12. The average molecular weight is 73.1 g/mol. The van der Waals surface area contributed by atoms with Crippen molar-refractivity contribution in [1.82, 2.24) is 0 Å². The predicted molar refractivity (Wildman–Crippen MR) is 21.6 cm³/mol. The van der Waals surface area contributed by atoms with E-state index in [4.69, 9.17) is 0 Å². The van der Waals surface area contributed by atoms with Gasteiger partial charge in [-0.05, 0) is 6.42 Å². The molecule has 0 heterocycles. The lowest BCUT2D eigenvalue weighted by molar-refractivity contribution is 0.269. The lowest BCUT2D eigenvalue weighted by Gasteiger charge is -1.83. The molecule has 0 bridgehead atoms. The van der Waals surface area contributed by atoms with Gasteiger partial charge in [0, 0.05) is 7.11 Å². The van der Waals surface area contributed by atoms with Crippen LogP contribution in [0.1, 0.15) is 13.3 Å². The minimum atomic E-state index is 0.997. The molecular weight excluding hydrogens is 64.0 g/mol. The fourth-order valence-corrected chi connectivity index (χ4v) is 0.167. The molecule has 0 fully saturated rings. The molecule has 5 heavy (non-hydrogen) atoms. The Bertz CT molecular complexity index is 11.1. The van der Waals surface area contributed by atoms with Crippen molar-refractivity contribution in [2.75, 3.05) is 7.11 Å². The van der Waals surface area contributed by atoms with Gasteiger partial charge < -0.3 is 4.74 Å². The minimum absolute atomic E-state index is 0.997. The highest BCUT2D eigenvalue weighted by Gasteiger charge is 1.67. The van der Waals surface area contributed by atoms with E-state index in [2.05, 4.69) is 4.74 Å². The first-order valence-corrected chi connectivity index (χ1v) is 1.76. The summed E-state index contributed by atoms with van der Waals surface area (Å²) in [6, 6.07) is 0. The van der Waals surface area contributed by atoms with Crippen LogP contribution in [-0.4, -0.2) is 7.11 Å². The monoisotopic (exact) mass is 73.1 g/mol. The Hall–Kier alpha value is -0.0400. The van der Waals surface area contributed by atoms with Gasteiger partial charge in [-0.25, -0.2) is 0 Å². The summed E-state index contributed by atoms with van der Waals surface area (Å²) in [7, 11) is 1.66. The molecule has 0 rings (SSSR count). The molecular formula is C4H9O. The van der Waals surface area contributed by atoms with Crippen molar-refractivity contribution >= 4 is 0 Å². The van der Waals surface area contributed by atoms with Crippen molar-refractivity contribution in [1.29, 1.82) is 0 Å². The maximum Gasteiger partial charge on any atom is 0.0830 e. The zero-order valence-electron chi connectivity index (χ0n) is 3.69. The highest BCUT2D eigenvalue weighted by molar-refractivity contribution is 4.37. The summed E-state index contributed by atoms with van der Waals surface area (Å²) in [5, 5.41) is 0. The molecule has 0 saturated heterocycles. The third kappa shape index (κ3) is 3.96. The van der Waals surface area contributed by atoms with Crippen molar-refractivity contribution in [3.8, 4) is 0 Å². The average Bonchev–Trinajstić information content (AvgIpc) is 1.41. The van der Waals surface area contributed by atoms with Crippen LogP contribution in [0.25, 0.3) is 0 Å². The summed E-state index contributed by atoms with van der Waals surface area (Å²) < 4.78 is 4.57. The molecule has 31 valence electrons. The molecule has 0 aromatic heterocycles. The maximum absolute atomic E-state index is 4.57. The van der Waals surface area contributed by atoms with E-state index in [1.807, 2.05) is 6.92 Å². The van der Waals surface area contributed by atoms with Gasteiger partial charge in [-0.2, -0.15) is 0 Å². The summed E-state index contributed by atoms with van der Waals surface area (Å²) in [4.78, 5) is 0. The Morgan fingerprint density at radius 3 is 2.40 bits per heavy atom. The van der Waals surface area contributed by atoms with E-state index in [9.17, 15) is 0 Å². The van der Waals surface area contributed by atoms with Gasteiger partial charge in [-0.1, -0.05) is 6.92 Å². The highest BCUT2D eigenvalue weighted by Crippen LogP contribution is 1.79. The van der Waals surface area contributed by atoms with Crippen LogP contribution < -0.4 is 0 Å². The third-order valence-corrected chi connectivity index (χ3v) is 0.333. The topological polar surface area (TPSA) is 9.23 Å². The van der Waals surface area contributed by atoms with Crippen molar-refractivity contribution in [2.24, 2.45) is 0 Å². The van der Waals surface area contributed by atoms with E-state index in [0.717, 1.165) is 6.42 Å². The van der Waals surface area contributed by atoms with Crippen LogP contribution in [0.5, 0.6) is 0 Å². The molecule has 0 aliphatic rings. The van der Waals surface area contributed by atoms with Gasteiger partial charge in [-0.15, -0.1) is 0 Å². The van der Waals surface area contributed by atoms with Gasteiger partial charge in [0.05, 0.1) is 6.61 Å². The third-order valence-electron chi connectivity index (χ3n) is 0.333. The van der Waals surface area contributed by atoms with Crippen molar-refractivity contribution < 1.29 is 4.74 Å². The van der Waals surface area contributed by atoms with Gasteiger partial charge >= 0.3 is 0 Å². The lowest BCUT2D eigenvalue weighted by atomic mass is 10.5. The Labute approximate surface area is 32.9 Å². The van der Waals surface area contributed by atoms with Gasteiger partial charge in [0.15, 0.2) is 0 Å². The van der Waals surface area contributed by atoms with E-state index in [1.165, 1.54) is 0 Å². The molecule has 1 heteroatoms. The van der Waals surface area contributed by atoms with Crippen LogP contribution in [0.15, 0.2) is 0 Å². The highest BCUT2D eigenvalue weighted by atomic mass is 16.5. The second kappa shape index (κ2) is 3.96. The molecule has 0 aromatic rings. The van der Waals surface area contributed by atoms with Crippen molar-refractivity contribution in [2.45, 2.75) is 13.3 Å². The van der Waals surface area contributed by atoms with E-state index >= 15 is 0 Å². The number of ether oxygens (including phenoxy) is 1. The Kier molecular flexibility index (Phi) is 3.93. The fourth-order valence-electron chi connectivity index (χ4n) is 0.167. The van der Waals surface area contributed by atoms with E-state index < -0.39 is 0 Å². The Morgan fingerprint density at radius 2 is 2.40 bits per heavy atom. The van der Waals surface area contributed by atoms with Crippen molar-refractivity contribution in [3.63, 3.8) is 0 Å². The molecule has 0 atom stereocenters. The van der Waals surface area contributed by atoms with E-state index in [1.54, 1.807) is 13.7 Å². The summed E-state index contributed by atoms with van der Waals surface area (Å²) in [6.45, 7) is 3.78. The fraction of sp³-hybridized carbons (Fsp3) is 0.750. The van der Waals surface area contributed by atoms with Crippen LogP contribution in [0.2, 0.25) is 0 Å². The minimum Gasteiger partial charge on any atom is -0.379 e. The molecule has 0 spiro atoms. The van der Waals surface area contributed by atoms with Crippen LogP contribution in [-0.2, 0) is 4.74 Å². The second-order valence-electron chi connectivity index (χ2n) is 0.811. The molecule has 1 radical (unpaired) electrons. The van der Waals surface area contributed by atoms with Gasteiger partial charge in [0.25, 0.3) is 0 Å². The van der Waals surface area contributed by atoms with Gasteiger partial charge in [0.1, 0.15) is 0 Å². The molecule has 1 nitrogen and oxygen atoms in total. The molecule has 0 amide bonds. The molecule has 0 aromatic carbocycles. The van der Waals surface area contributed by atoms with Crippen molar-refractivity contribution in [3.05, 3.63) is 6.61 Å². The van der Waals surface area contributed by atoms with E-state index in [-0.39, 0.29) is 0 Å². The molecule has 0 unspecified atom stereocenters. The number of rotatable bonds is 2. The molecule has 0 aliphatic heterocycles. The second-order valence-corrected chi connectivity index (χ2v) is 0.811. The number of methoxy groups -OCH3 is 1. The number of hydrogen-bond donors (Lipinski definition) is 0. The Balaban J connectivity index is 2.19. The van der Waals surface area contributed by atoms with E-state index in [0.29, 0.717) is 0 Å². The Morgan fingerprint density at radius 1 is 1.80 bits per heavy atom. The lowest BCUT2D eigenvalue weighted by Crippen LogP contribution is -1.71.